The third kappa shape index (κ3) is 0.722. The summed E-state index contributed by atoms with van der Waals surface area (Å²) in [6, 6.07) is 0. The SMILES string of the molecule is O=C1C(Br)C2[C@@H]3[C@@H]4C[C@H]2[C@H]1[C@@H]4C[C@@H]3Br. The molecule has 0 aromatic rings. The number of fused-ring (bicyclic) bond motifs is 2. The van der Waals surface area contributed by atoms with Crippen LogP contribution in [-0.2, 0) is 4.79 Å². The van der Waals surface area contributed by atoms with Gasteiger partial charge in [-0.2, -0.15) is 0 Å². The van der Waals surface area contributed by atoms with Gasteiger partial charge in [0.1, 0.15) is 5.78 Å². The lowest BCUT2D eigenvalue weighted by Gasteiger charge is -2.26. The van der Waals surface area contributed by atoms with Crippen molar-refractivity contribution in [3.05, 3.63) is 0 Å². The van der Waals surface area contributed by atoms with E-state index in [0.717, 1.165) is 23.7 Å². The number of carbonyl (C=O) groups excluding carboxylic acids is 1. The molecule has 14 heavy (non-hydrogen) atoms. The quantitative estimate of drug-likeness (QED) is 0.627. The molecule has 1 nitrogen and oxygen atoms in total. The van der Waals surface area contributed by atoms with E-state index in [1.165, 1.54) is 12.8 Å². The maximum atomic E-state index is 12.1. The summed E-state index contributed by atoms with van der Waals surface area (Å²) in [6.45, 7) is 0. The number of hydrogen-bond donors (Lipinski definition) is 0. The van der Waals surface area contributed by atoms with E-state index in [1.54, 1.807) is 0 Å². The van der Waals surface area contributed by atoms with Gasteiger partial charge in [0.25, 0.3) is 0 Å². The molecule has 4 fully saturated rings. The first-order chi connectivity index (χ1) is 6.70. The highest BCUT2D eigenvalue weighted by Crippen LogP contribution is 2.71. The Hall–Kier alpha value is 0.630. The van der Waals surface area contributed by atoms with E-state index in [1.807, 2.05) is 0 Å². The van der Waals surface area contributed by atoms with Crippen molar-refractivity contribution in [1.82, 2.24) is 0 Å². The molecule has 2 bridgehead atoms. The number of halogens is 2. The Morgan fingerprint density at radius 1 is 1.00 bits per heavy atom. The Labute approximate surface area is 100 Å². The third-order valence-electron chi connectivity index (χ3n) is 5.30. The summed E-state index contributed by atoms with van der Waals surface area (Å²) in [5.74, 6) is 4.81. The molecule has 4 rings (SSSR count). The van der Waals surface area contributed by atoms with Crippen molar-refractivity contribution in [1.29, 1.82) is 0 Å². The van der Waals surface area contributed by atoms with Crippen LogP contribution in [0.2, 0.25) is 0 Å². The molecule has 0 amide bonds. The number of hydrogen-bond acceptors (Lipinski definition) is 1. The van der Waals surface area contributed by atoms with Crippen molar-refractivity contribution >= 4 is 37.6 Å². The van der Waals surface area contributed by atoms with Crippen molar-refractivity contribution in [2.24, 2.45) is 35.5 Å². The minimum absolute atomic E-state index is 0.192. The molecule has 0 N–H and O–H groups in total. The molecule has 2 unspecified atom stereocenters. The molecule has 4 saturated carbocycles. The van der Waals surface area contributed by atoms with E-state index >= 15 is 0 Å². The van der Waals surface area contributed by atoms with Crippen LogP contribution in [0.15, 0.2) is 0 Å². The van der Waals surface area contributed by atoms with Crippen molar-refractivity contribution < 1.29 is 4.79 Å². The van der Waals surface area contributed by atoms with Crippen molar-refractivity contribution in [2.75, 3.05) is 0 Å². The minimum Gasteiger partial charge on any atom is -0.298 e. The van der Waals surface area contributed by atoms with Crippen LogP contribution < -0.4 is 0 Å². The second kappa shape index (κ2) is 2.48. The van der Waals surface area contributed by atoms with Crippen molar-refractivity contribution in [3.8, 4) is 0 Å². The van der Waals surface area contributed by atoms with Gasteiger partial charge in [0, 0.05) is 10.7 Å². The van der Waals surface area contributed by atoms with E-state index in [-0.39, 0.29) is 4.83 Å². The standard InChI is InChI=1S/C11H12Br2O/c12-6-2-4-3-1-5-7(4)11(14)10(13)9(5)8(3)6/h3-10H,1-2H2/t3-,4-,5+,6+,7-,8-,9?,10?/m1/s1. The van der Waals surface area contributed by atoms with E-state index < -0.39 is 0 Å². The van der Waals surface area contributed by atoms with Gasteiger partial charge in [-0.3, -0.25) is 4.79 Å². The Bertz CT molecular complexity index is 327. The average molecular weight is 320 g/mol. The monoisotopic (exact) mass is 318 g/mol. The van der Waals surface area contributed by atoms with Crippen LogP contribution in [-0.4, -0.2) is 15.4 Å². The minimum atomic E-state index is 0.192. The third-order valence-corrected chi connectivity index (χ3v) is 7.35. The van der Waals surface area contributed by atoms with Crippen LogP contribution in [0.25, 0.3) is 0 Å². The fourth-order valence-electron chi connectivity index (χ4n) is 5.09. The van der Waals surface area contributed by atoms with Crippen LogP contribution in [0.1, 0.15) is 12.8 Å². The molecule has 0 saturated heterocycles. The zero-order valence-corrected chi connectivity index (χ0v) is 10.9. The largest absolute Gasteiger partial charge is 0.298 e. The highest BCUT2D eigenvalue weighted by Gasteiger charge is 2.71. The molecule has 0 radical (unpaired) electrons. The summed E-state index contributed by atoms with van der Waals surface area (Å²) in [7, 11) is 0. The van der Waals surface area contributed by atoms with Gasteiger partial charge in [0.05, 0.1) is 4.83 Å². The Balaban J connectivity index is 1.89. The fourth-order valence-corrected chi connectivity index (χ4v) is 7.31. The Morgan fingerprint density at radius 2 is 1.79 bits per heavy atom. The van der Waals surface area contributed by atoms with Gasteiger partial charge < -0.3 is 0 Å². The van der Waals surface area contributed by atoms with Crippen LogP contribution in [0.4, 0.5) is 0 Å². The number of alkyl halides is 2. The molecule has 0 aromatic carbocycles. The Kier molecular flexibility index (Phi) is 1.55. The highest BCUT2D eigenvalue weighted by atomic mass is 79.9. The zero-order valence-electron chi connectivity index (χ0n) is 7.70. The maximum absolute atomic E-state index is 12.1. The predicted octanol–water partition coefficient (Wildman–Crippen LogP) is 2.61. The topological polar surface area (TPSA) is 17.1 Å². The molecule has 3 heteroatoms. The van der Waals surface area contributed by atoms with Gasteiger partial charge in [-0.05, 0) is 42.4 Å². The second-order valence-electron chi connectivity index (χ2n) is 5.46. The second-order valence-corrected chi connectivity index (χ2v) is 7.63. The number of Topliss-reactive ketones (excluding diaryl/α,β-unsaturated/α-hetero) is 1. The van der Waals surface area contributed by atoms with E-state index in [0.29, 0.717) is 22.4 Å². The summed E-state index contributed by atoms with van der Waals surface area (Å²) in [5.41, 5.74) is 0. The highest BCUT2D eigenvalue weighted by molar-refractivity contribution is 9.10. The molecular formula is C11H12Br2O. The lowest BCUT2D eigenvalue weighted by molar-refractivity contribution is -0.121. The van der Waals surface area contributed by atoms with Crippen molar-refractivity contribution in [3.63, 3.8) is 0 Å². The summed E-state index contributed by atoms with van der Waals surface area (Å²) in [4.78, 5) is 13.0. The number of rotatable bonds is 0. The summed E-state index contributed by atoms with van der Waals surface area (Å²) in [5, 5.41) is 0. The molecule has 0 spiro atoms. The van der Waals surface area contributed by atoms with E-state index in [9.17, 15) is 4.79 Å². The molecule has 76 valence electrons. The molecule has 0 aromatic heterocycles. The summed E-state index contributed by atoms with van der Waals surface area (Å²) in [6.07, 6.45) is 2.61. The fraction of sp³-hybridized carbons (Fsp3) is 0.909. The van der Waals surface area contributed by atoms with Gasteiger partial charge in [-0.1, -0.05) is 31.9 Å². The molecule has 4 aliphatic rings. The molecular weight excluding hydrogens is 308 g/mol. The van der Waals surface area contributed by atoms with Gasteiger partial charge in [-0.25, -0.2) is 0 Å². The Morgan fingerprint density at radius 3 is 2.57 bits per heavy atom. The first-order valence-corrected chi connectivity index (χ1v) is 7.35. The lowest BCUT2D eigenvalue weighted by Crippen LogP contribution is -2.26. The molecule has 0 aliphatic heterocycles. The van der Waals surface area contributed by atoms with Crippen LogP contribution >= 0.6 is 31.9 Å². The van der Waals surface area contributed by atoms with Crippen LogP contribution in [0.5, 0.6) is 0 Å². The predicted molar refractivity (Wildman–Crippen MR) is 60.6 cm³/mol. The van der Waals surface area contributed by atoms with Crippen molar-refractivity contribution in [2.45, 2.75) is 22.5 Å². The van der Waals surface area contributed by atoms with E-state index in [4.69, 9.17) is 0 Å². The number of ketones is 1. The molecule has 8 atom stereocenters. The first-order valence-electron chi connectivity index (χ1n) is 5.52. The lowest BCUT2D eigenvalue weighted by atomic mass is 9.80. The zero-order chi connectivity index (χ0) is 9.61. The van der Waals surface area contributed by atoms with Gasteiger partial charge >= 0.3 is 0 Å². The smallest absolute Gasteiger partial charge is 0.150 e. The summed E-state index contributed by atoms with van der Waals surface area (Å²) < 4.78 is 0. The van der Waals surface area contributed by atoms with Crippen LogP contribution in [0.3, 0.4) is 0 Å². The van der Waals surface area contributed by atoms with Gasteiger partial charge in [0.2, 0.25) is 0 Å². The summed E-state index contributed by atoms with van der Waals surface area (Å²) >= 11 is 7.47. The number of carbonyl (C=O) groups is 1. The normalized spacial score (nSPS) is 68.3. The molecule has 0 heterocycles. The van der Waals surface area contributed by atoms with Gasteiger partial charge in [-0.15, -0.1) is 0 Å². The molecule has 4 aliphatic carbocycles. The van der Waals surface area contributed by atoms with E-state index in [2.05, 4.69) is 31.9 Å². The average Bonchev–Trinajstić information content (AvgIpc) is 2.76. The first kappa shape index (κ1) is 8.74. The maximum Gasteiger partial charge on any atom is 0.150 e. The van der Waals surface area contributed by atoms with Gasteiger partial charge in [0.15, 0.2) is 0 Å². The van der Waals surface area contributed by atoms with Crippen LogP contribution in [0, 0.1) is 35.5 Å².